The van der Waals surface area contributed by atoms with Crippen LogP contribution in [0, 0.1) is 0 Å². The Bertz CT molecular complexity index is 793. The quantitative estimate of drug-likeness (QED) is 0.0405. The predicted octanol–water partition coefficient (Wildman–Crippen LogP) is 9.11. The molecule has 44 heavy (non-hydrogen) atoms. The zero-order valence-electron chi connectivity index (χ0n) is 28.2. The molecule has 254 valence electrons. The van der Waals surface area contributed by atoms with E-state index in [1.54, 1.807) is 0 Å². The highest BCUT2D eigenvalue weighted by Gasteiger charge is 2.18. The Balaban J connectivity index is 4.42. The summed E-state index contributed by atoms with van der Waals surface area (Å²) in [5.41, 5.74) is 5.46. The molecule has 2 unspecified atom stereocenters. The molecule has 0 aromatic heterocycles. The fraction of sp³-hybridized carbons (Fsp3) is 0.757. The van der Waals surface area contributed by atoms with Gasteiger partial charge in [0.2, 0.25) is 5.91 Å². The maximum atomic E-state index is 12.6. The van der Waals surface area contributed by atoms with E-state index >= 15 is 0 Å². The molecule has 4 N–H and O–H groups in total. The first-order valence-corrected chi connectivity index (χ1v) is 17.8. The van der Waals surface area contributed by atoms with Crippen LogP contribution in [0.4, 0.5) is 0 Å². The Kier molecular flexibility index (Phi) is 30.2. The minimum atomic E-state index is -1.02. The van der Waals surface area contributed by atoms with Gasteiger partial charge < -0.3 is 20.9 Å². The van der Waals surface area contributed by atoms with E-state index in [0.29, 0.717) is 38.6 Å². The number of esters is 1. The van der Waals surface area contributed by atoms with Gasteiger partial charge in [0, 0.05) is 12.8 Å². The number of carboxylic acid groups (broad SMARTS) is 1. The van der Waals surface area contributed by atoms with E-state index in [1.807, 2.05) is 6.08 Å². The Hall–Kier alpha value is -2.41. The topological polar surface area (TPSA) is 119 Å². The lowest BCUT2D eigenvalue weighted by Gasteiger charge is -2.15. The molecular formula is C37H66N2O5. The molecule has 0 heterocycles. The van der Waals surface area contributed by atoms with Crippen LogP contribution in [0.25, 0.3) is 0 Å². The van der Waals surface area contributed by atoms with E-state index in [1.165, 1.54) is 51.4 Å². The van der Waals surface area contributed by atoms with Crippen molar-refractivity contribution in [2.24, 2.45) is 5.73 Å². The molecule has 7 nitrogen and oxygen atoms in total. The average molecular weight is 619 g/mol. The number of unbranched alkanes of at least 4 members (excludes halogenated alkanes) is 13. The molecule has 1 amide bonds. The fourth-order valence-electron chi connectivity index (χ4n) is 4.91. The van der Waals surface area contributed by atoms with Gasteiger partial charge >= 0.3 is 11.9 Å². The van der Waals surface area contributed by atoms with Gasteiger partial charge in [0.15, 0.2) is 0 Å². The van der Waals surface area contributed by atoms with Gasteiger partial charge in [-0.25, -0.2) is 4.79 Å². The van der Waals surface area contributed by atoms with E-state index in [9.17, 15) is 19.5 Å². The molecular weight excluding hydrogens is 552 g/mol. The number of carboxylic acids is 1. The minimum Gasteiger partial charge on any atom is -0.480 e. The summed E-state index contributed by atoms with van der Waals surface area (Å²) in [6.07, 6.45) is 34.8. The summed E-state index contributed by atoms with van der Waals surface area (Å²) < 4.78 is 5.86. The van der Waals surface area contributed by atoms with Crippen molar-refractivity contribution in [3.05, 3.63) is 36.5 Å². The third-order valence-corrected chi connectivity index (χ3v) is 7.66. The standard InChI is InChI=1S/C37H66N2O5/c1-3-5-7-9-11-13-14-15-17-19-25-31-36(41)44-33(27-22-18-16-12-10-8-6-4-2)28-23-20-21-24-30-35(40)39-34(37(42)43)29-26-32-38/h9,11-12,16,22,27,33-34H,3-8,10,13-15,17-21,23-26,28-32,38H2,1-2H3,(H,39,40)(H,42,43)/b11-9-,16-12-,27-22-. The highest BCUT2D eigenvalue weighted by molar-refractivity contribution is 5.83. The predicted molar refractivity (Wildman–Crippen MR) is 183 cm³/mol. The number of aliphatic carboxylic acids is 1. The molecule has 0 aromatic carbocycles. The summed E-state index contributed by atoms with van der Waals surface area (Å²) in [4.78, 5) is 36.1. The maximum Gasteiger partial charge on any atom is 0.326 e. The lowest BCUT2D eigenvalue weighted by Crippen LogP contribution is -2.40. The number of carbonyl (C=O) groups is 3. The molecule has 0 fully saturated rings. The van der Waals surface area contributed by atoms with Gasteiger partial charge in [-0.2, -0.15) is 0 Å². The fourth-order valence-corrected chi connectivity index (χ4v) is 4.91. The first kappa shape index (κ1) is 41.6. The van der Waals surface area contributed by atoms with Crippen molar-refractivity contribution in [2.75, 3.05) is 6.54 Å². The van der Waals surface area contributed by atoms with Crippen LogP contribution in [0.5, 0.6) is 0 Å². The van der Waals surface area contributed by atoms with Crippen molar-refractivity contribution < 1.29 is 24.2 Å². The average Bonchev–Trinajstić information content (AvgIpc) is 3.00. The second kappa shape index (κ2) is 32.0. The van der Waals surface area contributed by atoms with E-state index in [2.05, 4.69) is 49.5 Å². The summed E-state index contributed by atoms with van der Waals surface area (Å²) in [6, 6.07) is -0.873. The third-order valence-electron chi connectivity index (χ3n) is 7.66. The SMILES string of the molecule is CCCC/C=C\CCCCCCCC(=O)OC(/C=C\C/C=C\CCCCC)CCCCCCC(=O)NC(CCCN)C(=O)O. The Morgan fingerprint density at radius 1 is 0.682 bits per heavy atom. The monoisotopic (exact) mass is 618 g/mol. The van der Waals surface area contributed by atoms with Crippen LogP contribution in [0.15, 0.2) is 36.5 Å². The van der Waals surface area contributed by atoms with Crippen molar-refractivity contribution in [3.8, 4) is 0 Å². The number of hydrogen-bond acceptors (Lipinski definition) is 5. The van der Waals surface area contributed by atoms with E-state index < -0.39 is 12.0 Å². The first-order valence-electron chi connectivity index (χ1n) is 17.8. The molecule has 2 atom stereocenters. The second-order valence-corrected chi connectivity index (χ2v) is 11.9. The van der Waals surface area contributed by atoms with Crippen molar-refractivity contribution >= 4 is 17.8 Å². The molecule has 0 saturated heterocycles. The molecule has 0 aliphatic rings. The van der Waals surface area contributed by atoms with Crippen molar-refractivity contribution in [2.45, 2.75) is 174 Å². The largest absolute Gasteiger partial charge is 0.480 e. The Morgan fingerprint density at radius 3 is 1.95 bits per heavy atom. The summed E-state index contributed by atoms with van der Waals surface area (Å²) in [5.74, 6) is -1.37. The van der Waals surface area contributed by atoms with Gasteiger partial charge in [0.25, 0.3) is 0 Å². The zero-order valence-corrected chi connectivity index (χ0v) is 28.2. The van der Waals surface area contributed by atoms with Crippen molar-refractivity contribution in [3.63, 3.8) is 0 Å². The highest BCUT2D eigenvalue weighted by atomic mass is 16.5. The van der Waals surface area contributed by atoms with Gasteiger partial charge in [-0.3, -0.25) is 9.59 Å². The van der Waals surface area contributed by atoms with Crippen LogP contribution in [-0.2, 0) is 19.1 Å². The van der Waals surface area contributed by atoms with Gasteiger partial charge in [-0.1, -0.05) is 102 Å². The molecule has 0 aliphatic carbocycles. The number of ether oxygens (including phenoxy) is 1. The van der Waals surface area contributed by atoms with Crippen molar-refractivity contribution in [1.29, 1.82) is 0 Å². The maximum absolute atomic E-state index is 12.6. The second-order valence-electron chi connectivity index (χ2n) is 11.9. The Labute approximate surface area is 269 Å². The molecule has 0 spiro atoms. The zero-order chi connectivity index (χ0) is 32.5. The van der Waals surface area contributed by atoms with E-state index in [-0.39, 0.29) is 18.0 Å². The van der Waals surface area contributed by atoms with Crippen molar-refractivity contribution in [1.82, 2.24) is 5.32 Å². The number of allylic oxidation sites excluding steroid dienone is 5. The van der Waals surface area contributed by atoms with Gasteiger partial charge in [-0.15, -0.1) is 0 Å². The van der Waals surface area contributed by atoms with E-state index in [0.717, 1.165) is 64.2 Å². The smallest absolute Gasteiger partial charge is 0.326 e. The number of rotatable bonds is 31. The molecule has 7 heteroatoms. The first-order chi connectivity index (χ1) is 21.4. The van der Waals surface area contributed by atoms with Gasteiger partial charge in [0.05, 0.1) is 0 Å². The number of amides is 1. The van der Waals surface area contributed by atoms with Gasteiger partial charge in [-0.05, 0) is 89.7 Å². The highest BCUT2D eigenvalue weighted by Crippen LogP contribution is 2.14. The molecule has 0 rings (SSSR count). The number of hydrogen-bond donors (Lipinski definition) is 3. The van der Waals surface area contributed by atoms with Crippen LogP contribution < -0.4 is 11.1 Å². The molecule has 0 radical (unpaired) electrons. The van der Waals surface area contributed by atoms with Gasteiger partial charge in [0.1, 0.15) is 12.1 Å². The lowest BCUT2D eigenvalue weighted by molar-refractivity contribution is -0.147. The minimum absolute atomic E-state index is 0.118. The van der Waals surface area contributed by atoms with Crippen LogP contribution in [0.2, 0.25) is 0 Å². The van der Waals surface area contributed by atoms with Crippen LogP contribution in [0.1, 0.15) is 162 Å². The Morgan fingerprint density at radius 2 is 1.27 bits per heavy atom. The number of nitrogens with two attached hydrogens (primary N) is 1. The lowest BCUT2D eigenvalue weighted by atomic mass is 10.1. The van der Waals surface area contributed by atoms with Crippen LogP contribution >= 0.6 is 0 Å². The summed E-state index contributed by atoms with van der Waals surface area (Å²) in [5, 5.41) is 11.9. The third kappa shape index (κ3) is 28.4. The summed E-state index contributed by atoms with van der Waals surface area (Å²) in [6.45, 7) is 4.83. The summed E-state index contributed by atoms with van der Waals surface area (Å²) >= 11 is 0. The molecule has 0 bridgehead atoms. The molecule has 0 saturated carbocycles. The number of carbonyl (C=O) groups excluding carboxylic acids is 2. The summed E-state index contributed by atoms with van der Waals surface area (Å²) in [7, 11) is 0. The van der Waals surface area contributed by atoms with Crippen LogP contribution in [0.3, 0.4) is 0 Å². The molecule has 0 aromatic rings. The molecule has 0 aliphatic heterocycles. The van der Waals surface area contributed by atoms with E-state index in [4.69, 9.17) is 10.5 Å². The number of nitrogens with one attached hydrogen (secondary N) is 1. The normalized spacial score (nSPS) is 13.2. The van der Waals surface area contributed by atoms with Crippen LogP contribution in [-0.4, -0.2) is 41.6 Å².